The Balaban J connectivity index is 0. The van der Waals surface area contributed by atoms with Crippen LogP contribution in [0.1, 0.15) is 12.8 Å². The van der Waals surface area contributed by atoms with E-state index in [4.69, 9.17) is 5.11 Å². The van der Waals surface area contributed by atoms with Crippen molar-refractivity contribution >= 4 is 10.1 Å². The van der Waals surface area contributed by atoms with E-state index in [1.54, 1.807) is 6.08 Å². The molecule has 6 heteroatoms. The number of aliphatic hydroxyl groups excluding tert-OH is 1. The molecular formula is C6H11NaO4S. The number of aliphatic hydroxyl groups is 1. The van der Waals surface area contributed by atoms with Gasteiger partial charge in [-0.1, -0.05) is 12.2 Å². The molecule has 0 spiro atoms. The van der Waals surface area contributed by atoms with Crippen molar-refractivity contribution in [3.05, 3.63) is 12.2 Å². The van der Waals surface area contributed by atoms with Crippen LogP contribution in [0.25, 0.3) is 0 Å². The zero-order chi connectivity index (χ0) is 8.74. The minimum atomic E-state index is -4.11. The van der Waals surface area contributed by atoms with E-state index in [9.17, 15) is 13.0 Å². The van der Waals surface area contributed by atoms with Gasteiger partial charge in [0.2, 0.25) is 0 Å². The van der Waals surface area contributed by atoms with Crippen molar-refractivity contribution in [2.45, 2.75) is 12.8 Å². The van der Waals surface area contributed by atoms with E-state index in [1.807, 2.05) is 0 Å². The summed E-state index contributed by atoms with van der Waals surface area (Å²) in [7, 11) is -4.11. The summed E-state index contributed by atoms with van der Waals surface area (Å²) in [5.41, 5.74) is 0. The maximum Gasteiger partial charge on any atom is 1.00 e. The van der Waals surface area contributed by atoms with Crippen molar-refractivity contribution in [3.63, 3.8) is 0 Å². The number of rotatable bonds is 5. The van der Waals surface area contributed by atoms with Crippen molar-refractivity contribution in [3.8, 4) is 0 Å². The van der Waals surface area contributed by atoms with Gasteiger partial charge in [-0.2, -0.15) is 0 Å². The van der Waals surface area contributed by atoms with Gasteiger partial charge in [0.05, 0.1) is 15.9 Å². The normalized spacial score (nSPS) is 11.5. The van der Waals surface area contributed by atoms with Gasteiger partial charge in [-0.3, -0.25) is 0 Å². The first kappa shape index (κ1) is 15.1. The second kappa shape index (κ2) is 8.22. The summed E-state index contributed by atoms with van der Waals surface area (Å²) in [6, 6.07) is 0. The number of hydrogen-bond acceptors (Lipinski definition) is 4. The van der Waals surface area contributed by atoms with Crippen molar-refractivity contribution in [2.75, 3.05) is 12.4 Å². The van der Waals surface area contributed by atoms with Crippen LogP contribution in [0.15, 0.2) is 12.2 Å². The van der Waals surface area contributed by atoms with Crippen LogP contribution in [-0.4, -0.2) is 30.4 Å². The summed E-state index contributed by atoms with van der Waals surface area (Å²) < 4.78 is 30.0. The first-order chi connectivity index (χ1) is 5.06. The van der Waals surface area contributed by atoms with Gasteiger partial charge in [-0.25, -0.2) is 8.42 Å². The van der Waals surface area contributed by atoms with Gasteiger partial charge in [-0.05, 0) is 12.8 Å². The van der Waals surface area contributed by atoms with Gasteiger partial charge < -0.3 is 9.66 Å². The summed E-state index contributed by atoms with van der Waals surface area (Å²) in [5, 5.41) is 8.31. The summed E-state index contributed by atoms with van der Waals surface area (Å²) in [6.07, 6.45) is 4.07. The van der Waals surface area contributed by atoms with Gasteiger partial charge in [0.25, 0.3) is 0 Å². The molecule has 0 aliphatic carbocycles. The van der Waals surface area contributed by atoms with Crippen LogP contribution in [-0.2, 0) is 10.1 Å². The monoisotopic (exact) mass is 202 g/mol. The average Bonchev–Trinajstić information content (AvgIpc) is 1.85. The molecule has 0 rings (SSSR count). The van der Waals surface area contributed by atoms with E-state index in [2.05, 4.69) is 0 Å². The van der Waals surface area contributed by atoms with Gasteiger partial charge in [0.15, 0.2) is 0 Å². The average molecular weight is 202 g/mol. The maximum absolute atomic E-state index is 10.0. The molecule has 0 amide bonds. The predicted octanol–water partition coefficient (Wildman–Crippen LogP) is -3.14. The molecule has 0 aromatic rings. The van der Waals surface area contributed by atoms with Crippen LogP contribution in [0.2, 0.25) is 0 Å². The molecule has 0 saturated carbocycles. The molecule has 0 bridgehead atoms. The molecule has 1 N–H and O–H groups in total. The SMILES string of the molecule is O=S(=O)([O-])CC=CCCCO.[Na+]. The largest absolute Gasteiger partial charge is 1.00 e. The van der Waals surface area contributed by atoms with Crippen LogP contribution in [0.5, 0.6) is 0 Å². The number of unbranched alkanes of at least 4 members (excludes halogenated alkanes) is 1. The van der Waals surface area contributed by atoms with Crippen molar-refractivity contribution < 1.29 is 47.6 Å². The van der Waals surface area contributed by atoms with Gasteiger partial charge in [-0.15, -0.1) is 0 Å². The molecule has 0 radical (unpaired) electrons. The van der Waals surface area contributed by atoms with Crippen LogP contribution in [0.3, 0.4) is 0 Å². The molecule has 4 nitrogen and oxygen atoms in total. The van der Waals surface area contributed by atoms with Gasteiger partial charge in [0, 0.05) is 6.61 Å². The van der Waals surface area contributed by atoms with E-state index >= 15 is 0 Å². The summed E-state index contributed by atoms with van der Waals surface area (Å²) in [6.45, 7) is 0.0778. The molecule has 0 fully saturated rings. The molecule has 0 unspecified atom stereocenters. The van der Waals surface area contributed by atoms with Crippen LogP contribution in [0, 0.1) is 0 Å². The zero-order valence-corrected chi connectivity index (χ0v) is 9.88. The molecule has 0 atom stereocenters. The first-order valence-electron chi connectivity index (χ1n) is 3.25. The summed E-state index contributed by atoms with van der Waals surface area (Å²) in [5.74, 6) is -0.460. The molecule has 66 valence electrons. The molecule has 0 heterocycles. The molecular weight excluding hydrogens is 191 g/mol. The Morgan fingerprint density at radius 3 is 2.33 bits per heavy atom. The Kier molecular flexibility index (Phi) is 10.3. The fraction of sp³-hybridized carbons (Fsp3) is 0.667. The molecule has 0 saturated heterocycles. The van der Waals surface area contributed by atoms with E-state index in [0.717, 1.165) is 0 Å². The van der Waals surface area contributed by atoms with Crippen molar-refractivity contribution in [2.24, 2.45) is 0 Å². The minimum absolute atomic E-state index is 0. The smallest absolute Gasteiger partial charge is 0.748 e. The minimum Gasteiger partial charge on any atom is -0.748 e. The Morgan fingerprint density at radius 1 is 1.33 bits per heavy atom. The van der Waals surface area contributed by atoms with Crippen molar-refractivity contribution in [1.82, 2.24) is 0 Å². The third-order valence-corrected chi connectivity index (χ3v) is 1.60. The fourth-order valence-electron chi connectivity index (χ4n) is 0.513. The Labute approximate surface area is 94.7 Å². The van der Waals surface area contributed by atoms with E-state index in [-0.39, 0.29) is 36.2 Å². The van der Waals surface area contributed by atoms with Gasteiger partial charge in [0.1, 0.15) is 0 Å². The van der Waals surface area contributed by atoms with Crippen LogP contribution < -0.4 is 29.6 Å². The molecule has 0 aliphatic heterocycles. The molecule has 0 aliphatic rings. The molecule has 12 heavy (non-hydrogen) atoms. The second-order valence-electron chi connectivity index (χ2n) is 2.06. The van der Waals surface area contributed by atoms with Gasteiger partial charge >= 0.3 is 29.6 Å². The van der Waals surface area contributed by atoms with Crippen molar-refractivity contribution in [1.29, 1.82) is 0 Å². The first-order valence-corrected chi connectivity index (χ1v) is 4.83. The van der Waals surface area contributed by atoms with E-state index < -0.39 is 15.9 Å². The third-order valence-electron chi connectivity index (χ3n) is 0.996. The fourth-order valence-corrected chi connectivity index (χ4v) is 0.885. The quantitative estimate of drug-likeness (QED) is 0.221. The Hall–Kier alpha value is 0.610. The maximum atomic E-state index is 10.0. The Morgan fingerprint density at radius 2 is 1.92 bits per heavy atom. The Bertz CT molecular complexity index is 210. The standard InChI is InChI=1S/C6H12O4S.Na/c7-5-3-1-2-4-6-11(8,9)10;/h2,4,7H,1,3,5-6H2,(H,8,9,10);/q;+1/p-1. The molecule has 0 aromatic heterocycles. The van der Waals surface area contributed by atoms with E-state index in [1.165, 1.54) is 6.08 Å². The third kappa shape index (κ3) is 13.2. The molecule has 0 aromatic carbocycles. The number of allylic oxidation sites excluding steroid dienone is 1. The van der Waals surface area contributed by atoms with Crippen LogP contribution >= 0.6 is 0 Å². The second-order valence-corrected chi connectivity index (χ2v) is 3.51. The topological polar surface area (TPSA) is 77.4 Å². The predicted molar refractivity (Wildman–Crippen MR) is 40.0 cm³/mol. The summed E-state index contributed by atoms with van der Waals surface area (Å²) in [4.78, 5) is 0. The summed E-state index contributed by atoms with van der Waals surface area (Å²) >= 11 is 0. The van der Waals surface area contributed by atoms with Crippen LogP contribution in [0.4, 0.5) is 0 Å². The van der Waals surface area contributed by atoms with E-state index in [0.29, 0.717) is 12.8 Å². The number of hydrogen-bond donors (Lipinski definition) is 1. The zero-order valence-electron chi connectivity index (χ0n) is 7.06.